The van der Waals surface area contributed by atoms with Crippen LogP contribution in [0.5, 0.6) is 0 Å². The summed E-state index contributed by atoms with van der Waals surface area (Å²) in [5, 5.41) is 0. The predicted octanol–water partition coefficient (Wildman–Crippen LogP) is 1.98. The van der Waals surface area contributed by atoms with Crippen molar-refractivity contribution in [1.82, 2.24) is 0 Å². The van der Waals surface area contributed by atoms with Crippen LogP contribution in [0.3, 0.4) is 0 Å². The average molecular weight is 170 g/mol. The van der Waals surface area contributed by atoms with Crippen molar-refractivity contribution in [3.8, 4) is 0 Å². The van der Waals surface area contributed by atoms with Gasteiger partial charge in [0.2, 0.25) is 0 Å². The van der Waals surface area contributed by atoms with Gasteiger partial charge in [-0.1, -0.05) is 13.8 Å². The Morgan fingerprint density at radius 3 is 1.92 bits per heavy atom. The van der Waals surface area contributed by atoms with Gasteiger partial charge in [-0.3, -0.25) is 0 Å². The fourth-order valence-electron chi connectivity index (χ4n) is 2.56. The maximum absolute atomic E-state index is 5.79. The Bertz CT molecular complexity index is 138. The Morgan fingerprint density at radius 2 is 1.83 bits per heavy atom. The van der Waals surface area contributed by atoms with Crippen molar-refractivity contribution in [2.75, 3.05) is 19.8 Å². The van der Waals surface area contributed by atoms with E-state index in [2.05, 4.69) is 13.8 Å². The summed E-state index contributed by atoms with van der Waals surface area (Å²) in [5.74, 6) is 0. The van der Waals surface area contributed by atoms with Gasteiger partial charge in [0.05, 0.1) is 25.4 Å². The van der Waals surface area contributed by atoms with Gasteiger partial charge in [-0.25, -0.2) is 0 Å². The van der Waals surface area contributed by atoms with Crippen LogP contribution in [-0.2, 0) is 9.47 Å². The summed E-state index contributed by atoms with van der Waals surface area (Å²) in [6.07, 6.45) is 3.58. The highest BCUT2D eigenvalue weighted by molar-refractivity contribution is 5.06. The van der Waals surface area contributed by atoms with Crippen LogP contribution in [0.4, 0.5) is 0 Å². The first-order valence-electron chi connectivity index (χ1n) is 5.00. The van der Waals surface area contributed by atoms with Crippen molar-refractivity contribution in [2.24, 2.45) is 5.41 Å². The first-order chi connectivity index (χ1) is 5.79. The van der Waals surface area contributed by atoms with Crippen molar-refractivity contribution in [1.29, 1.82) is 0 Å². The summed E-state index contributed by atoms with van der Waals surface area (Å²) in [6.45, 7) is 7.26. The van der Waals surface area contributed by atoms with E-state index in [0.717, 1.165) is 26.2 Å². The Balaban J connectivity index is 2.13. The molecule has 0 saturated carbocycles. The SMILES string of the molecule is CCC1(C2(CC)CCO2)COC1. The van der Waals surface area contributed by atoms with Crippen molar-refractivity contribution >= 4 is 0 Å². The van der Waals surface area contributed by atoms with Crippen LogP contribution in [0, 0.1) is 5.41 Å². The predicted molar refractivity (Wildman–Crippen MR) is 47.1 cm³/mol. The van der Waals surface area contributed by atoms with E-state index in [0.29, 0.717) is 5.41 Å². The highest BCUT2D eigenvalue weighted by Crippen LogP contribution is 2.51. The molecule has 0 aromatic carbocycles. The van der Waals surface area contributed by atoms with Gasteiger partial charge in [0.15, 0.2) is 0 Å². The molecule has 1 unspecified atom stereocenters. The van der Waals surface area contributed by atoms with E-state index in [4.69, 9.17) is 9.47 Å². The molecule has 2 aliphatic heterocycles. The molecule has 2 nitrogen and oxygen atoms in total. The van der Waals surface area contributed by atoms with Crippen LogP contribution < -0.4 is 0 Å². The summed E-state index contributed by atoms with van der Waals surface area (Å²) in [4.78, 5) is 0. The van der Waals surface area contributed by atoms with Gasteiger partial charge in [-0.15, -0.1) is 0 Å². The van der Waals surface area contributed by atoms with Crippen LogP contribution in [-0.4, -0.2) is 25.4 Å². The standard InChI is InChI=1S/C10H18O2/c1-3-9(7-11-8-9)10(4-2)5-6-12-10/h3-8H2,1-2H3. The Morgan fingerprint density at radius 1 is 1.17 bits per heavy atom. The number of rotatable bonds is 3. The van der Waals surface area contributed by atoms with Crippen LogP contribution in [0.2, 0.25) is 0 Å². The highest BCUT2D eigenvalue weighted by Gasteiger charge is 2.58. The van der Waals surface area contributed by atoms with Crippen molar-refractivity contribution < 1.29 is 9.47 Å². The smallest absolute Gasteiger partial charge is 0.0801 e. The van der Waals surface area contributed by atoms with E-state index >= 15 is 0 Å². The third-order valence-corrected chi connectivity index (χ3v) is 3.86. The molecule has 0 bridgehead atoms. The largest absolute Gasteiger partial charge is 0.380 e. The van der Waals surface area contributed by atoms with Crippen LogP contribution in [0.25, 0.3) is 0 Å². The molecule has 2 heteroatoms. The maximum Gasteiger partial charge on any atom is 0.0801 e. The molecule has 0 aliphatic carbocycles. The van der Waals surface area contributed by atoms with Gasteiger partial charge in [0.25, 0.3) is 0 Å². The molecule has 70 valence electrons. The Labute approximate surface area is 74.2 Å². The monoisotopic (exact) mass is 170 g/mol. The fourth-order valence-corrected chi connectivity index (χ4v) is 2.56. The molecule has 0 aromatic heterocycles. The lowest BCUT2D eigenvalue weighted by Gasteiger charge is -2.59. The van der Waals surface area contributed by atoms with Crippen LogP contribution >= 0.6 is 0 Å². The molecule has 1 atom stereocenters. The molecule has 0 amide bonds. The number of hydrogen-bond donors (Lipinski definition) is 0. The minimum atomic E-state index is 0.181. The quantitative estimate of drug-likeness (QED) is 0.645. The molecular formula is C10H18O2. The molecule has 0 aromatic rings. The minimum Gasteiger partial charge on any atom is -0.380 e. The van der Waals surface area contributed by atoms with Crippen LogP contribution in [0.15, 0.2) is 0 Å². The lowest BCUT2D eigenvalue weighted by Crippen LogP contribution is -2.65. The van der Waals surface area contributed by atoms with Crippen molar-refractivity contribution in [3.63, 3.8) is 0 Å². The molecular weight excluding hydrogens is 152 g/mol. The molecule has 2 fully saturated rings. The Hall–Kier alpha value is -0.0800. The van der Waals surface area contributed by atoms with Gasteiger partial charge in [0, 0.05) is 11.8 Å². The summed E-state index contributed by atoms with van der Waals surface area (Å²) in [7, 11) is 0. The molecule has 2 rings (SSSR count). The van der Waals surface area contributed by atoms with E-state index < -0.39 is 0 Å². The number of hydrogen-bond acceptors (Lipinski definition) is 2. The van der Waals surface area contributed by atoms with E-state index in [1.54, 1.807) is 0 Å². The normalized spacial score (nSPS) is 38.5. The van der Waals surface area contributed by atoms with E-state index in [9.17, 15) is 0 Å². The van der Waals surface area contributed by atoms with Crippen LogP contribution in [0.1, 0.15) is 33.1 Å². The van der Waals surface area contributed by atoms with Gasteiger partial charge in [-0.2, -0.15) is 0 Å². The second-order valence-electron chi connectivity index (χ2n) is 4.07. The van der Waals surface area contributed by atoms with E-state index in [1.807, 2.05) is 0 Å². The topological polar surface area (TPSA) is 18.5 Å². The lowest BCUT2D eigenvalue weighted by atomic mass is 9.63. The molecule has 2 saturated heterocycles. The lowest BCUT2D eigenvalue weighted by molar-refractivity contribution is -0.293. The third-order valence-electron chi connectivity index (χ3n) is 3.86. The third kappa shape index (κ3) is 0.826. The minimum absolute atomic E-state index is 0.181. The molecule has 12 heavy (non-hydrogen) atoms. The molecule has 2 aliphatic rings. The summed E-state index contributed by atoms with van der Waals surface area (Å²) in [6, 6.07) is 0. The van der Waals surface area contributed by atoms with Gasteiger partial charge >= 0.3 is 0 Å². The van der Waals surface area contributed by atoms with Crippen molar-refractivity contribution in [3.05, 3.63) is 0 Å². The molecule has 0 N–H and O–H groups in total. The molecule has 2 heterocycles. The van der Waals surface area contributed by atoms with Gasteiger partial charge in [-0.05, 0) is 12.8 Å². The van der Waals surface area contributed by atoms with Gasteiger partial charge in [0.1, 0.15) is 0 Å². The first kappa shape index (κ1) is 8.52. The van der Waals surface area contributed by atoms with Gasteiger partial charge < -0.3 is 9.47 Å². The summed E-state index contributed by atoms with van der Waals surface area (Å²) >= 11 is 0. The zero-order valence-electron chi connectivity index (χ0n) is 8.06. The number of ether oxygens (including phenoxy) is 2. The highest BCUT2D eigenvalue weighted by atomic mass is 16.5. The van der Waals surface area contributed by atoms with E-state index in [-0.39, 0.29) is 5.60 Å². The Kier molecular flexibility index (Phi) is 1.92. The molecule has 0 spiro atoms. The fraction of sp³-hybridized carbons (Fsp3) is 1.00. The summed E-state index contributed by atoms with van der Waals surface area (Å²) < 4.78 is 11.1. The molecule has 0 radical (unpaired) electrons. The van der Waals surface area contributed by atoms with E-state index in [1.165, 1.54) is 12.8 Å². The second-order valence-corrected chi connectivity index (χ2v) is 4.07. The second kappa shape index (κ2) is 2.71. The zero-order valence-corrected chi connectivity index (χ0v) is 8.06. The summed E-state index contributed by atoms with van der Waals surface area (Å²) in [5.41, 5.74) is 0.542. The van der Waals surface area contributed by atoms with Crippen molar-refractivity contribution in [2.45, 2.75) is 38.7 Å². The zero-order chi connectivity index (χ0) is 8.66. The average Bonchev–Trinajstić information content (AvgIpc) is 1.92. The first-order valence-corrected chi connectivity index (χ1v) is 5.00. The maximum atomic E-state index is 5.79.